The van der Waals surface area contributed by atoms with Crippen molar-refractivity contribution in [2.24, 2.45) is 0 Å². The molecule has 2 aliphatic rings. The van der Waals surface area contributed by atoms with Crippen LogP contribution >= 0.6 is 0 Å². The molecule has 2 aromatic heterocycles. The van der Waals surface area contributed by atoms with E-state index in [9.17, 15) is 4.79 Å². The molecule has 4 heterocycles. The van der Waals surface area contributed by atoms with E-state index in [1.54, 1.807) is 10.9 Å². The van der Waals surface area contributed by atoms with Gasteiger partial charge >= 0.3 is 0 Å². The molecule has 2 aliphatic heterocycles. The fraction of sp³-hybridized carbons (Fsp3) is 0.364. The van der Waals surface area contributed by atoms with Crippen LogP contribution in [-0.2, 0) is 6.42 Å². The summed E-state index contributed by atoms with van der Waals surface area (Å²) in [4.78, 5) is 21.9. The van der Waals surface area contributed by atoms with Crippen molar-refractivity contribution in [2.45, 2.75) is 51.6 Å². The lowest BCUT2D eigenvalue weighted by molar-refractivity contribution is 0.102. The van der Waals surface area contributed by atoms with E-state index in [1.165, 1.54) is 18.4 Å². The quantitative estimate of drug-likeness (QED) is 0.719. The number of aromatic nitrogens is 4. The summed E-state index contributed by atoms with van der Waals surface area (Å²) in [5.41, 5.74) is 5.59. The Labute approximate surface area is 169 Å². The highest BCUT2D eigenvalue weighted by Gasteiger charge is 2.31. The van der Waals surface area contributed by atoms with Crippen LogP contribution in [0.1, 0.15) is 58.2 Å². The van der Waals surface area contributed by atoms with Crippen molar-refractivity contribution in [1.82, 2.24) is 25.1 Å². The second kappa shape index (κ2) is 7.08. The Morgan fingerprint density at radius 1 is 1.21 bits per heavy atom. The second-order valence-electron chi connectivity index (χ2n) is 7.94. The molecule has 0 aliphatic carbocycles. The summed E-state index contributed by atoms with van der Waals surface area (Å²) in [6.07, 6.45) is 7.89. The predicted octanol–water partition coefficient (Wildman–Crippen LogP) is 3.27. The van der Waals surface area contributed by atoms with E-state index in [1.807, 2.05) is 44.3 Å². The SMILES string of the molecule is Cc1ccccc1-n1ncc(C(=O)Nc2ncc3c(n2)CC2CCCC3N2)c1C. The molecular weight excluding hydrogens is 364 g/mol. The molecule has 2 unspecified atom stereocenters. The number of benzene rings is 1. The number of hydrogen-bond donors (Lipinski definition) is 2. The largest absolute Gasteiger partial charge is 0.307 e. The van der Waals surface area contributed by atoms with Crippen LogP contribution in [0.3, 0.4) is 0 Å². The van der Waals surface area contributed by atoms with Gasteiger partial charge in [0.15, 0.2) is 0 Å². The monoisotopic (exact) mass is 388 g/mol. The van der Waals surface area contributed by atoms with Gasteiger partial charge < -0.3 is 5.32 Å². The molecule has 3 aromatic rings. The Kier molecular flexibility index (Phi) is 4.39. The minimum Gasteiger partial charge on any atom is -0.307 e. The van der Waals surface area contributed by atoms with E-state index in [0.29, 0.717) is 23.6 Å². The summed E-state index contributed by atoms with van der Waals surface area (Å²) in [5, 5.41) is 10.9. The van der Waals surface area contributed by atoms with Crippen molar-refractivity contribution < 1.29 is 4.79 Å². The molecule has 0 saturated carbocycles. The zero-order valence-corrected chi connectivity index (χ0v) is 16.6. The first-order valence-electron chi connectivity index (χ1n) is 10.1. The third kappa shape index (κ3) is 3.21. The number of anilines is 1. The minimum atomic E-state index is -0.239. The van der Waals surface area contributed by atoms with Gasteiger partial charge in [0.2, 0.25) is 5.95 Å². The van der Waals surface area contributed by atoms with Crippen molar-refractivity contribution >= 4 is 11.9 Å². The lowest BCUT2D eigenvalue weighted by Crippen LogP contribution is -2.43. The zero-order chi connectivity index (χ0) is 20.0. The Morgan fingerprint density at radius 3 is 2.93 bits per heavy atom. The molecule has 7 heteroatoms. The van der Waals surface area contributed by atoms with E-state index < -0.39 is 0 Å². The zero-order valence-electron chi connectivity index (χ0n) is 16.6. The summed E-state index contributed by atoms with van der Waals surface area (Å²) in [5.74, 6) is 0.119. The molecule has 1 fully saturated rings. The number of nitrogens with zero attached hydrogens (tertiary/aromatic N) is 4. The van der Waals surface area contributed by atoms with Gasteiger partial charge in [-0.25, -0.2) is 14.6 Å². The lowest BCUT2D eigenvalue weighted by Gasteiger charge is -2.36. The number of amides is 1. The number of fused-ring (bicyclic) bond motifs is 4. The van der Waals surface area contributed by atoms with Gasteiger partial charge in [0.1, 0.15) is 0 Å². The normalized spacial score (nSPS) is 20.2. The Hall–Kier alpha value is -3.06. The molecule has 2 bridgehead atoms. The number of hydrogen-bond acceptors (Lipinski definition) is 5. The first-order chi connectivity index (χ1) is 14.1. The fourth-order valence-corrected chi connectivity index (χ4v) is 4.45. The van der Waals surface area contributed by atoms with Crippen molar-refractivity contribution in [2.75, 3.05) is 5.32 Å². The number of carbonyl (C=O) groups is 1. The topological polar surface area (TPSA) is 84.7 Å². The predicted molar refractivity (Wildman–Crippen MR) is 110 cm³/mol. The number of carbonyl (C=O) groups excluding carboxylic acids is 1. The molecule has 0 radical (unpaired) electrons. The van der Waals surface area contributed by atoms with E-state index in [0.717, 1.165) is 35.5 Å². The summed E-state index contributed by atoms with van der Waals surface area (Å²) in [7, 11) is 0. The molecule has 1 amide bonds. The van der Waals surface area contributed by atoms with Crippen LogP contribution in [0.5, 0.6) is 0 Å². The smallest absolute Gasteiger partial charge is 0.261 e. The van der Waals surface area contributed by atoms with Gasteiger partial charge in [-0.1, -0.05) is 18.2 Å². The Bertz CT molecular complexity index is 1090. The second-order valence-corrected chi connectivity index (χ2v) is 7.94. The van der Waals surface area contributed by atoms with Gasteiger partial charge in [0, 0.05) is 30.3 Å². The number of piperidine rings is 1. The average Bonchev–Trinajstić information content (AvgIpc) is 3.10. The maximum Gasteiger partial charge on any atom is 0.261 e. The molecule has 2 atom stereocenters. The van der Waals surface area contributed by atoms with Crippen LogP contribution in [0.2, 0.25) is 0 Å². The Balaban J connectivity index is 1.39. The van der Waals surface area contributed by atoms with E-state index in [2.05, 4.69) is 25.7 Å². The number of para-hydroxylation sites is 1. The molecule has 1 aromatic carbocycles. The van der Waals surface area contributed by atoms with Crippen LogP contribution in [0.15, 0.2) is 36.7 Å². The third-order valence-electron chi connectivity index (χ3n) is 6.02. The highest BCUT2D eigenvalue weighted by atomic mass is 16.1. The van der Waals surface area contributed by atoms with Gasteiger partial charge in [0.25, 0.3) is 5.91 Å². The van der Waals surface area contributed by atoms with Gasteiger partial charge in [-0.05, 0) is 44.7 Å². The molecule has 0 spiro atoms. The van der Waals surface area contributed by atoms with Crippen LogP contribution in [0, 0.1) is 13.8 Å². The highest BCUT2D eigenvalue weighted by Crippen LogP contribution is 2.33. The Morgan fingerprint density at radius 2 is 2.07 bits per heavy atom. The van der Waals surface area contributed by atoms with Crippen molar-refractivity contribution in [3.05, 3.63) is 64.7 Å². The molecule has 29 heavy (non-hydrogen) atoms. The van der Waals surface area contributed by atoms with Crippen LogP contribution in [0.25, 0.3) is 5.69 Å². The van der Waals surface area contributed by atoms with Crippen LogP contribution in [-0.4, -0.2) is 31.7 Å². The maximum absolute atomic E-state index is 12.9. The average molecular weight is 388 g/mol. The summed E-state index contributed by atoms with van der Waals surface area (Å²) in [6, 6.07) is 8.80. The molecule has 5 rings (SSSR count). The summed E-state index contributed by atoms with van der Waals surface area (Å²) < 4.78 is 1.80. The van der Waals surface area contributed by atoms with E-state index >= 15 is 0 Å². The molecule has 2 N–H and O–H groups in total. The third-order valence-corrected chi connectivity index (χ3v) is 6.02. The molecule has 148 valence electrons. The lowest BCUT2D eigenvalue weighted by atomic mass is 9.85. The fourth-order valence-electron chi connectivity index (χ4n) is 4.45. The summed E-state index contributed by atoms with van der Waals surface area (Å²) >= 11 is 0. The van der Waals surface area contributed by atoms with Gasteiger partial charge in [-0.2, -0.15) is 5.10 Å². The van der Waals surface area contributed by atoms with Gasteiger partial charge in [0.05, 0.1) is 28.8 Å². The minimum absolute atomic E-state index is 0.239. The van der Waals surface area contributed by atoms with Crippen molar-refractivity contribution in [3.63, 3.8) is 0 Å². The first-order valence-corrected chi connectivity index (χ1v) is 10.1. The van der Waals surface area contributed by atoms with Crippen molar-refractivity contribution in [3.8, 4) is 5.69 Å². The number of aryl methyl sites for hydroxylation is 1. The molecule has 1 saturated heterocycles. The first kappa shape index (κ1) is 18.0. The summed E-state index contributed by atoms with van der Waals surface area (Å²) in [6.45, 7) is 3.93. The van der Waals surface area contributed by atoms with Crippen molar-refractivity contribution in [1.29, 1.82) is 0 Å². The van der Waals surface area contributed by atoms with E-state index in [4.69, 9.17) is 0 Å². The van der Waals surface area contributed by atoms with Crippen LogP contribution < -0.4 is 10.6 Å². The number of nitrogens with one attached hydrogen (secondary N) is 2. The standard InChI is InChI=1S/C22H24N6O/c1-13-6-3-4-9-20(13)28-14(2)16(12-24-28)21(29)27-22-23-11-17-18-8-5-7-15(25-18)10-19(17)26-22/h3-4,6,9,11-12,15,18,25H,5,7-8,10H2,1-2H3,(H,23,26,27,29). The number of rotatable bonds is 3. The van der Waals surface area contributed by atoms with E-state index in [-0.39, 0.29) is 5.91 Å². The van der Waals surface area contributed by atoms with Crippen LogP contribution in [0.4, 0.5) is 5.95 Å². The molecular formula is C22H24N6O. The maximum atomic E-state index is 12.9. The molecule has 7 nitrogen and oxygen atoms in total. The van der Waals surface area contributed by atoms with Gasteiger partial charge in [-0.15, -0.1) is 0 Å². The highest BCUT2D eigenvalue weighted by molar-refractivity contribution is 6.04. The van der Waals surface area contributed by atoms with Gasteiger partial charge in [-0.3, -0.25) is 10.1 Å².